The van der Waals surface area contributed by atoms with Gasteiger partial charge in [0.1, 0.15) is 5.82 Å². The van der Waals surface area contributed by atoms with E-state index in [2.05, 4.69) is 39.5 Å². The van der Waals surface area contributed by atoms with Crippen LogP contribution in [0.4, 0.5) is 4.39 Å². The quantitative estimate of drug-likeness (QED) is 0.427. The van der Waals surface area contributed by atoms with Crippen molar-refractivity contribution in [3.8, 4) is 0 Å². The number of hydrogen-bond donors (Lipinski definition) is 1. The van der Waals surface area contributed by atoms with Gasteiger partial charge < -0.3 is 19.6 Å². The van der Waals surface area contributed by atoms with Crippen LogP contribution in [0.1, 0.15) is 70.6 Å². The number of halogens is 2. The molecule has 4 rings (SSSR count). The second kappa shape index (κ2) is 12.5. The Labute approximate surface area is 244 Å². The van der Waals surface area contributed by atoms with Crippen molar-refractivity contribution < 1.29 is 19.0 Å². The number of amides is 1. The van der Waals surface area contributed by atoms with Crippen LogP contribution < -0.4 is 0 Å². The van der Waals surface area contributed by atoms with E-state index >= 15 is 0 Å². The molecule has 2 aliphatic heterocycles. The Kier molecular flexibility index (Phi) is 9.66. The maximum Gasteiger partial charge on any atom is 0.223 e. The van der Waals surface area contributed by atoms with E-state index in [-0.39, 0.29) is 23.2 Å². The zero-order chi connectivity index (χ0) is 29.1. The summed E-state index contributed by atoms with van der Waals surface area (Å²) in [5.41, 5.74) is 1.77. The van der Waals surface area contributed by atoms with Crippen molar-refractivity contribution in [2.24, 2.45) is 10.8 Å². The zero-order valence-electron chi connectivity index (χ0n) is 24.8. The topological polar surface area (TPSA) is 53.0 Å². The van der Waals surface area contributed by atoms with Gasteiger partial charge in [0.05, 0.1) is 11.7 Å². The second-order valence-corrected chi connectivity index (χ2v) is 14.0. The van der Waals surface area contributed by atoms with Gasteiger partial charge in [0.2, 0.25) is 5.91 Å². The molecule has 0 saturated carbocycles. The first-order valence-electron chi connectivity index (χ1n) is 14.6. The molecule has 2 fully saturated rings. The summed E-state index contributed by atoms with van der Waals surface area (Å²) in [6.45, 7) is 14.8. The molecule has 220 valence electrons. The van der Waals surface area contributed by atoms with Crippen molar-refractivity contribution in [1.82, 2.24) is 9.80 Å². The van der Waals surface area contributed by atoms with Crippen LogP contribution >= 0.6 is 11.6 Å². The largest absolute Gasteiger partial charge is 0.384 e. The molecule has 2 aliphatic rings. The minimum atomic E-state index is -0.978. The first kappa shape index (κ1) is 31.0. The molecule has 2 aromatic rings. The van der Waals surface area contributed by atoms with Crippen LogP contribution in [0.25, 0.3) is 0 Å². The molecular weight excluding hydrogens is 527 g/mol. The van der Waals surface area contributed by atoms with Gasteiger partial charge >= 0.3 is 0 Å². The molecule has 0 aliphatic carbocycles. The van der Waals surface area contributed by atoms with Crippen molar-refractivity contribution >= 4 is 17.5 Å². The fourth-order valence-corrected chi connectivity index (χ4v) is 6.54. The lowest BCUT2D eigenvalue weighted by Gasteiger charge is -2.51. The van der Waals surface area contributed by atoms with Gasteiger partial charge in [-0.2, -0.15) is 0 Å². The van der Waals surface area contributed by atoms with E-state index in [0.29, 0.717) is 57.1 Å². The summed E-state index contributed by atoms with van der Waals surface area (Å²) in [6, 6.07) is 12.4. The highest BCUT2D eigenvalue weighted by Gasteiger charge is 2.49. The highest BCUT2D eigenvalue weighted by Crippen LogP contribution is 2.48. The second-order valence-electron chi connectivity index (χ2n) is 13.6. The first-order valence-corrected chi connectivity index (χ1v) is 15.0. The Balaban J connectivity index is 1.37. The molecule has 2 aromatic carbocycles. The van der Waals surface area contributed by atoms with E-state index in [1.807, 2.05) is 23.1 Å². The van der Waals surface area contributed by atoms with Crippen molar-refractivity contribution in [3.63, 3.8) is 0 Å². The van der Waals surface area contributed by atoms with Crippen LogP contribution in [0.3, 0.4) is 0 Å². The molecule has 0 radical (unpaired) electrons. The standard InChI is InChI=1S/C33H46ClFN2O3/c1-31(2,3)21-25-20-26(34)9-12-29(25)33(39)14-17-36(23-32(33,4)5)16-13-30(38)37-15-6-18-40-28(22-37)19-24-7-10-27(35)11-8-24/h7-12,20,28,39H,6,13-19,21-23H2,1-5H3. The predicted molar refractivity (Wildman–Crippen MR) is 159 cm³/mol. The van der Waals surface area contributed by atoms with Crippen LogP contribution in [0, 0.1) is 16.6 Å². The summed E-state index contributed by atoms with van der Waals surface area (Å²) < 4.78 is 19.3. The van der Waals surface area contributed by atoms with Gasteiger partial charge in [-0.3, -0.25) is 4.79 Å². The van der Waals surface area contributed by atoms with Crippen LogP contribution in [-0.2, 0) is 28.0 Å². The molecule has 1 N–H and O–H groups in total. The maximum atomic E-state index is 13.3. The smallest absolute Gasteiger partial charge is 0.223 e. The molecule has 0 aromatic heterocycles. The fraction of sp³-hybridized carbons (Fsp3) is 0.606. The highest BCUT2D eigenvalue weighted by molar-refractivity contribution is 6.30. The lowest BCUT2D eigenvalue weighted by atomic mass is 9.64. The summed E-state index contributed by atoms with van der Waals surface area (Å²) in [4.78, 5) is 17.5. The number of carbonyl (C=O) groups excluding carboxylic acids is 1. The van der Waals surface area contributed by atoms with E-state index < -0.39 is 11.0 Å². The van der Waals surface area contributed by atoms with Crippen molar-refractivity contribution in [3.05, 3.63) is 70.0 Å². The molecule has 2 atom stereocenters. The molecule has 1 amide bonds. The SMILES string of the molecule is CC(C)(C)Cc1cc(Cl)ccc1C1(O)CCN(CCC(=O)N2CCCOC(Cc3ccc(F)cc3)C2)CC1(C)C. The maximum absolute atomic E-state index is 13.3. The number of aliphatic hydroxyl groups is 1. The average molecular weight is 573 g/mol. The van der Waals surface area contributed by atoms with Crippen LogP contribution in [0.2, 0.25) is 5.02 Å². The molecule has 5 nitrogen and oxygen atoms in total. The average Bonchev–Trinajstić information content (AvgIpc) is 3.10. The van der Waals surface area contributed by atoms with Gasteiger partial charge in [0, 0.05) is 62.6 Å². The third-order valence-corrected chi connectivity index (χ3v) is 8.72. The van der Waals surface area contributed by atoms with Crippen LogP contribution in [-0.4, -0.2) is 66.2 Å². The van der Waals surface area contributed by atoms with Crippen LogP contribution in [0.15, 0.2) is 42.5 Å². The number of ether oxygens (including phenoxy) is 1. The van der Waals surface area contributed by atoms with E-state index in [4.69, 9.17) is 16.3 Å². The van der Waals surface area contributed by atoms with Gasteiger partial charge in [-0.15, -0.1) is 0 Å². The summed E-state index contributed by atoms with van der Waals surface area (Å²) in [7, 11) is 0. The summed E-state index contributed by atoms with van der Waals surface area (Å²) in [5, 5.41) is 12.8. The van der Waals surface area contributed by atoms with Crippen molar-refractivity contribution in [1.29, 1.82) is 0 Å². The van der Waals surface area contributed by atoms with Gasteiger partial charge in [0.25, 0.3) is 0 Å². The summed E-state index contributed by atoms with van der Waals surface area (Å²) in [5.74, 6) is -0.112. The van der Waals surface area contributed by atoms with E-state index in [1.165, 1.54) is 12.1 Å². The minimum absolute atomic E-state index is 0.0669. The summed E-state index contributed by atoms with van der Waals surface area (Å²) >= 11 is 6.38. The predicted octanol–water partition coefficient (Wildman–Crippen LogP) is 6.24. The summed E-state index contributed by atoms with van der Waals surface area (Å²) in [6.07, 6.45) is 3.25. The van der Waals surface area contributed by atoms with Gasteiger partial charge in [0.15, 0.2) is 0 Å². The third-order valence-electron chi connectivity index (χ3n) is 8.48. The molecular formula is C33H46ClFN2O3. The number of piperidine rings is 1. The third kappa shape index (κ3) is 7.64. The molecule has 0 spiro atoms. The minimum Gasteiger partial charge on any atom is -0.384 e. The molecule has 40 heavy (non-hydrogen) atoms. The Morgan fingerprint density at radius 1 is 1.15 bits per heavy atom. The molecule has 2 unspecified atom stereocenters. The van der Waals surface area contributed by atoms with E-state index in [1.54, 1.807) is 12.1 Å². The van der Waals surface area contributed by atoms with E-state index in [9.17, 15) is 14.3 Å². The fourth-order valence-electron chi connectivity index (χ4n) is 6.34. The number of rotatable bonds is 7. The molecule has 7 heteroatoms. The van der Waals surface area contributed by atoms with Crippen molar-refractivity contribution in [2.75, 3.05) is 39.3 Å². The Morgan fingerprint density at radius 3 is 2.55 bits per heavy atom. The van der Waals surface area contributed by atoms with Crippen LogP contribution in [0.5, 0.6) is 0 Å². The van der Waals surface area contributed by atoms with Crippen molar-refractivity contribution in [2.45, 2.75) is 78.4 Å². The Morgan fingerprint density at radius 2 is 1.88 bits per heavy atom. The van der Waals surface area contributed by atoms with Gasteiger partial charge in [-0.1, -0.05) is 64.4 Å². The lowest BCUT2D eigenvalue weighted by Crippen LogP contribution is -2.56. The van der Waals surface area contributed by atoms with Gasteiger partial charge in [-0.05, 0) is 65.6 Å². The first-order chi connectivity index (χ1) is 18.8. The lowest BCUT2D eigenvalue weighted by molar-refractivity contribution is -0.136. The number of hydrogen-bond acceptors (Lipinski definition) is 4. The normalized spacial score (nSPS) is 24.1. The highest BCUT2D eigenvalue weighted by atomic mass is 35.5. The Hall–Kier alpha value is -1.99. The Bertz CT molecular complexity index is 1160. The van der Waals surface area contributed by atoms with E-state index in [0.717, 1.165) is 36.1 Å². The number of carbonyl (C=O) groups is 1. The number of benzene rings is 2. The number of likely N-dealkylation sites (tertiary alicyclic amines) is 1. The molecule has 2 saturated heterocycles. The monoisotopic (exact) mass is 572 g/mol. The van der Waals surface area contributed by atoms with Gasteiger partial charge in [-0.25, -0.2) is 4.39 Å². The zero-order valence-corrected chi connectivity index (χ0v) is 25.6. The molecule has 2 heterocycles. The molecule has 0 bridgehead atoms. The number of nitrogens with zero attached hydrogens (tertiary/aromatic N) is 2.